The highest BCUT2D eigenvalue weighted by Gasteiger charge is 2.37. The first-order chi connectivity index (χ1) is 29.3. The van der Waals surface area contributed by atoms with Crippen LogP contribution in [0.2, 0.25) is 0 Å². The van der Waals surface area contributed by atoms with Crippen molar-refractivity contribution in [3.8, 4) is 0 Å². The molecule has 0 aliphatic rings. The third-order valence-electron chi connectivity index (χ3n) is 11.5. The molecule has 0 rings (SSSR count). The van der Waals surface area contributed by atoms with Crippen LogP contribution in [0.4, 0.5) is 0 Å². The number of phosphoric ester groups is 3. The Morgan fingerprint density at radius 1 is 0.387 bits per heavy atom. The summed E-state index contributed by atoms with van der Waals surface area (Å²) in [4.78, 5) is 32.1. The molecule has 0 bridgehead atoms. The zero-order valence-corrected chi connectivity index (χ0v) is 43.6. The van der Waals surface area contributed by atoms with Crippen molar-refractivity contribution in [1.29, 1.82) is 0 Å². The van der Waals surface area contributed by atoms with Crippen molar-refractivity contribution in [2.24, 2.45) is 16.2 Å². The summed E-state index contributed by atoms with van der Waals surface area (Å²) < 4.78 is 89.6. The van der Waals surface area contributed by atoms with Crippen LogP contribution in [0.15, 0.2) is 0 Å². The molecule has 0 aliphatic heterocycles. The van der Waals surface area contributed by atoms with Crippen LogP contribution in [0.3, 0.4) is 0 Å². The average Bonchev–Trinajstić information content (AvgIpc) is 3.19. The fourth-order valence-corrected chi connectivity index (χ4v) is 11.7. The van der Waals surface area contributed by atoms with Crippen LogP contribution < -0.4 is 0 Å². The molecular formula is C44H93O15P3. The minimum atomic E-state index is -5.00. The van der Waals surface area contributed by atoms with E-state index in [1.165, 1.54) is 0 Å². The number of hydrogen-bond donors (Lipinski definition) is 3. The summed E-state index contributed by atoms with van der Waals surface area (Å²) in [6, 6.07) is 0. The first-order valence-corrected chi connectivity index (χ1v) is 28.4. The fourth-order valence-electron chi connectivity index (χ4n) is 9.23. The van der Waals surface area contributed by atoms with Crippen LogP contribution in [-0.4, -0.2) is 93.0 Å². The Morgan fingerprint density at radius 3 is 0.871 bits per heavy atom. The van der Waals surface area contributed by atoms with Crippen molar-refractivity contribution < 1.29 is 69.7 Å². The highest BCUT2D eigenvalue weighted by molar-refractivity contribution is 7.48. The quantitative estimate of drug-likeness (QED) is 0.0488. The van der Waals surface area contributed by atoms with Gasteiger partial charge in [-0.3, -0.25) is 27.1 Å². The van der Waals surface area contributed by atoms with Gasteiger partial charge in [0.05, 0.1) is 59.0 Å². The molecule has 0 aromatic rings. The molecule has 0 fully saturated rings. The Balaban J connectivity index is 6.20. The maximum absolute atomic E-state index is 13.6. The van der Waals surface area contributed by atoms with Gasteiger partial charge in [-0.25, -0.2) is 13.7 Å². The molecule has 0 saturated heterocycles. The van der Waals surface area contributed by atoms with E-state index in [4.69, 9.17) is 36.8 Å². The zero-order chi connectivity index (χ0) is 47.2. The van der Waals surface area contributed by atoms with Gasteiger partial charge >= 0.3 is 23.5 Å². The third-order valence-corrected chi connectivity index (χ3v) is 14.6. The summed E-state index contributed by atoms with van der Waals surface area (Å²) in [7, 11) is -13.3. The van der Waals surface area contributed by atoms with Crippen molar-refractivity contribution in [3.63, 3.8) is 0 Å². The van der Waals surface area contributed by atoms with Crippen LogP contribution in [0.1, 0.15) is 191 Å². The van der Waals surface area contributed by atoms with Crippen LogP contribution in [0.5, 0.6) is 0 Å². The second kappa shape index (κ2) is 33.6. The van der Waals surface area contributed by atoms with E-state index in [0.717, 1.165) is 123 Å². The SMILES string of the molecule is CCCC(CCC)(CCC)COCC(COP(=O)(O)OC(COCC(CCC)(CCC)CCC)COP(=O)(O)OC(CC)COCC(CCC)(CCC)CCC)OP(=O)(O)OC. The first-order valence-electron chi connectivity index (χ1n) is 23.9. The summed E-state index contributed by atoms with van der Waals surface area (Å²) in [6.07, 6.45) is 14.5. The summed E-state index contributed by atoms with van der Waals surface area (Å²) in [6.45, 7) is 20.5. The van der Waals surface area contributed by atoms with Gasteiger partial charge in [-0.2, -0.15) is 0 Å². The monoisotopic (exact) mass is 955 g/mol. The van der Waals surface area contributed by atoms with Crippen molar-refractivity contribution in [3.05, 3.63) is 0 Å². The largest absolute Gasteiger partial charge is 0.472 e. The summed E-state index contributed by atoms with van der Waals surface area (Å²) in [5.74, 6) is 0. The second-order valence-electron chi connectivity index (χ2n) is 17.6. The molecule has 0 radical (unpaired) electrons. The van der Waals surface area contributed by atoms with Crippen molar-refractivity contribution >= 4 is 23.5 Å². The molecule has 0 spiro atoms. The average molecular weight is 955 g/mol. The highest BCUT2D eigenvalue weighted by atomic mass is 31.2. The molecule has 0 aliphatic carbocycles. The van der Waals surface area contributed by atoms with Gasteiger partial charge < -0.3 is 28.9 Å². The van der Waals surface area contributed by atoms with Crippen molar-refractivity contribution in [2.75, 3.05) is 60.0 Å². The van der Waals surface area contributed by atoms with Gasteiger partial charge in [0.15, 0.2) is 0 Å². The Labute approximate surface area is 377 Å². The number of phosphoric acid groups is 3. The molecule has 6 atom stereocenters. The number of hydrogen-bond acceptors (Lipinski definition) is 12. The van der Waals surface area contributed by atoms with E-state index in [1.54, 1.807) is 0 Å². The Kier molecular flexibility index (Phi) is 33.8. The first kappa shape index (κ1) is 62.2. The van der Waals surface area contributed by atoms with E-state index >= 15 is 0 Å². The van der Waals surface area contributed by atoms with Crippen LogP contribution in [0, 0.1) is 16.2 Å². The Hall–Kier alpha value is 0.210. The lowest BCUT2D eigenvalue weighted by Crippen LogP contribution is -2.32. The van der Waals surface area contributed by atoms with Gasteiger partial charge in [0, 0.05) is 7.11 Å². The lowest BCUT2D eigenvalue weighted by Gasteiger charge is -2.34. The predicted molar refractivity (Wildman–Crippen MR) is 247 cm³/mol. The summed E-state index contributed by atoms with van der Waals surface area (Å²) in [5, 5.41) is 0. The number of rotatable bonds is 44. The standard InChI is InChI=1S/C44H93O15P3/c1-12-22-42(23-13-2,24-14-3)36-52-31-39(21-10)57-61(47,48)55-35-41(33-54-38-44(28-18-7,29-19-8)30-20-9)59-62(49,50)56-34-40(58-60(45,46)51-11)32-53-37-43(25-15-4,26-16-5)27-17-6/h39-41H,12-38H2,1-11H3,(H,45,46)(H,47,48)(H,49,50). The molecule has 0 heterocycles. The molecule has 0 aromatic heterocycles. The maximum Gasteiger partial charge on any atom is 0.472 e. The topological polar surface area (TPSA) is 195 Å². The minimum Gasteiger partial charge on any atom is -0.378 e. The smallest absolute Gasteiger partial charge is 0.378 e. The van der Waals surface area contributed by atoms with E-state index in [2.05, 4.69) is 66.8 Å². The van der Waals surface area contributed by atoms with Gasteiger partial charge in [-0.15, -0.1) is 0 Å². The van der Waals surface area contributed by atoms with Gasteiger partial charge in [-0.05, 0) is 80.5 Å². The van der Waals surface area contributed by atoms with Crippen molar-refractivity contribution in [2.45, 2.75) is 210 Å². The van der Waals surface area contributed by atoms with Crippen molar-refractivity contribution in [1.82, 2.24) is 0 Å². The molecule has 0 aromatic carbocycles. The third kappa shape index (κ3) is 26.5. The molecular weight excluding hydrogens is 861 g/mol. The Morgan fingerprint density at radius 2 is 0.629 bits per heavy atom. The molecule has 62 heavy (non-hydrogen) atoms. The minimum absolute atomic E-state index is 0.0360. The summed E-state index contributed by atoms with van der Waals surface area (Å²) >= 11 is 0. The Bertz CT molecular complexity index is 1210. The van der Waals surface area contributed by atoms with E-state index in [1.807, 2.05) is 6.92 Å². The normalized spacial score (nSPS) is 17.3. The van der Waals surface area contributed by atoms with E-state index in [0.29, 0.717) is 26.2 Å². The van der Waals surface area contributed by atoms with Gasteiger partial charge in [0.25, 0.3) is 0 Å². The predicted octanol–water partition coefficient (Wildman–Crippen LogP) is 12.7. The van der Waals surface area contributed by atoms with Crippen LogP contribution in [0.25, 0.3) is 0 Å². The lowest BCUT2D eigenvalue weighted by atomic mass is 9.76. The van der Waals surface area contributed by atoms with Crippen LogP contribution >= 0.6 is 23.5 Å². The highest BCUT2D eigenvalue weighted by Crippen LogP contribution is 2.50. The molecule has 0 amide bonds. The zero-order valence-electron chi connectivity index (χ0n) is 40.9. The number of ether oxygens (including phenoxy) is 3. The van der Waals surface area contributed by atoms with E-state index in [-0.39, 0.29) is 36.1 Å². The maximum atomic E-state index is 13.6. The van der Waals surface area contributed by atoms with Crippen LogP contribution in [-0.2, 0) is 55.0 Å². The summed E-state index contributed by atoms with van der Waals surface area (Å²) in [5.41, 5.74) is -0.180. The molecule has 374 valence electrons. The molecule has 15 nitrogen and oxygen atoms in total. The van der Waals surface area contributed by atoms with Gasteiger partial charge in [0.2, 0.25) is 0 Å². The fraction of sp³-hybridized carbons (Fsp3) is 1.00. The lowest BCUT2D eigenvalue weighted by molar-refractivity contribution is -0.0506. The second-order valence-corrected chi connectivity index (χ2v) is 21.9. The molecule has 18 heteroatoms. The van der Waals surface area contributed by atoms with Gasteiger partial charge in [-0.1, -0.05) is 127 Å². The van der Waals surface area contributed by atoms with Gasteiger partial charge in [0.1, 0.15) is 12.2 Å². The molecule has 6 unspecified atom stereocenters. The van der Waals surface area contributed by atoms with E-state index < -0.39 is 55.0 Å². The molecule has 0 saturated carbocycles. The molecule has 3 N–H and O–H groups in total. The van der Waals surface area contributed by atoms with E-state index in [9.17, 15) is 28.4 Å².